The Kier molecular flexibility index (Phi) is 3.64. The minimum atomic E-state index is -4.43. The summed E-state index contributed by atoms with van der Waals surface area (Å²) in [6.07, 6.45) is -5.26. The molecular formula is C13H15F3N2O2. The molecule has 1 fully saturated rings. The summed E-state index contributed by atoms with van der Waals surface area (Å²) in [5, 5.41) is 13.6. The highest BCUT2D eigenvalue weighted by Crippen LogP contribution is 2.48. The van der Waals surface area contributed by atoms with E-state index in [2.05, 4.69) is 5.32 Å². The molecule has 7 heteroatoms. The van der Waals surface area contributed by atoms with Gasteiger partial charge in [-0.1, -0.05) is 12.1 Å². The molecule has 2 rings (SSSR count). The Bertz CT molecular complexity index is 493. The molecule has 0 radical (unpaired) electrons. The summed E-state index contributed by atoms with van der Waals surface area (Å²) in [7, 11) is 0. The van der Waals surface area contributed by atoms with Crippen molar-refractivity contribution >= 4 is 11.7 Å². The van der Waals surface area contributed by atoms with Crippen LogP contribution in [0.25, 0.3) is 0 Å². The SMILES string of the molecule is CC(O)c1ccc(NC(=O)NC2(C(F)(F)F)CC2)cc1. The predicted octanol–water partition coefficient (Wildman–Crippen LogP) is 2.96. The smallest absolute Gasteiger partial charge is 0.389 e. The number of amides is 2. The normalized spacial score (nSPS) is 18.2. The number of halogens is 3. The van der Waals surface area contributed by atoms with Crippen LogP contribution in [0.4, 0.5) is 23.7 Å². The van der Waals surface area contributed by atoms with Crippen molar-refractivity contribution in [2.45, 2.75) is 37.6 Å². The molecule has 0 bridgehead atoms. The number of carbonyl (C=O) groups is 1. The van der Waals surface area contributed by atoms with Crippen LogP contribution in [0.1, 0.15) is 31.4 Å². The largest absolute Gasteiger partial charge is 0.411 e. The van der Waals surface area contributed by atoms with E-state index in [1.807, 2.05) is 5.32 Å². The Morgan fingerprint density at radius 1 is 1.30 bits per heavy atom. The van der Waals surface area contributed by atoms with E-state index in [1.165, 1.54) is 12.1 Å². The lowest BCUT2D eigenvalue weighted by Gasteiger charge is -2.21. The fraction of sp³-hybridized carbons (Fsp3) is 0.462. The van der Waals surface area contributed by atoms with E-state index < -0.39 is 23.9 Å². The minimum Gasteiger partial charge on any atom is -0.389 e. The van der Waals surface area contributed by atoms with Gasteiger partial charge in [-0.25, -0.2) is 4.79 Å². The topological polar surface area (TPSA) is 61.4 Å². The van der Waals surface area contributed by atoms with Gasteiger partial charge in [-0.15, -0.1) is 0 Å². The quantitative estimate of drug-likeness (QED) is 0.800. The molecule has 2 amide bonds. The number of carbonyl (C=O) groups excluding carboxylic acids is 1. The van der Waals surface area contributed by atoms with Gasteiger partial charge >= 0.3 is 12.2 Å². The first kappa shape index (κ1) is 14.6. The van der Waals surface area contributed by atoms with Crippen molar-refractivity contribution in [1.29, 1.82) is 0 Å². The summed E-state index contributed by atoms with van der Waals surface area (Å²) < 4.78 is 38.0. The minimum absolute atomic E-state index is 0.0924. The summed E-state index contributed by atoms with van der Waals surface area (Å²) in [6.45, 7) is 1.59. The first-order valence-electron chi connectivity index (χ1n) is 6.17. The van der Waals surface area contributed by atoms with Gasteiger partial charge in [-0.2, -0.15) is 13.2 Å². The zero-order valence-electron chi connectivity index (χ0n) is 10.8. The molecule has 0 saturated heterocycles. The van der Waals surface area contributed by atoms with Crippen molar-refractivity contribution in [2.75, 3.05) is 5.32 Å². The lowest BCUT2D eigenvalue weighted by molar-refractivity contribution is -0.162. The number of aliphatic hydroxyl groups is 1. The summed E-state index contributed by atoms with van der Waals surface area (Å²) in [5.41, 5.74) is -1.05. The van der Waals surface area contributed by atoms with Gasteiger partial charge in [-0.05, 0) is 37.5 Å². The van der Waals surface area contributed by atoms with E-state index in [4.69, 9.17) is 0 Å². The van der Waals surface area contributed by atoms with Crippen LogP contribution in [0.5, 0.6) is 0 Å². The molecule has 1 unspecified atom stereocenters. The van der Waals surface area contributed by atoms with Crippen LogP contribution in [0, 0.1) is 0 Å². The standard InChI is InChI=1S/C13H15F3N2O2/c1-8(19)9-2-4-10(5-3-9)17-11(20)18-12(6-7-12)13(14,15)16/h2-5,8,19H,6-7H2,1H3,(H2,17,18,20). The molecule has 1 aromatic rings. The zero-order valence-corrected chi connectivity index (χ0v) is 10.8. The van der Waals surface area contributed by atoms with Gasteiger partial charge in [0.25, 0.3) is 0 Å². The second-order valence-electron chi connectivity index (χ2n) is 4.96. The van der Waals surface area contributed by atoms with Crippen LogP contribution >= 0.6 is 0 Å². The Balaban J connectivity index is 1.95. The van der Waals surface area contributed by atoms with E-state index in [1.54, 1.807) is 19.1 Å². The van der Waals surface area contributed by atoms with E-state index in [0.29, 0.717) is 11.3 Å². The molecule has 110 valence electrons. The van der Waals surface area contributed by atoms with Crippen LogP contribution in [-0.4, -0.2) is 22.9 Å². The molecule has 20 heavy (non-hydrogen) atoms. The molecule has 1 aromatic carbocycles. The third-order valence-electron chi connectivity index (χ3n) is 3.30. The van der Waals surface area contributed by atoms with Gasteiger partial charge in [0.05, 0.1) is 6.10 Å². The Labute approximate surface area is 114 Å². The van der Waals surface area contributed by atoms with Crippen molar-refractivity contribution in [3.8, 4) is 0 Å². The fourth-order valence-corrected chi connectivity index (χ4v) is 1.83. The predicted molar refractivity (Wildman–Crippen MR) is 67.3 cm³/mol. The number of aliphatic hydroxyl groups excluding tert-OH is 1. The van der Waals surface area contributed by atoms with E-state index in [9.17, 15) is 23.1 Å². The molecule has 0 aliphatic heterocycles. The van der Waals surface area contributed by atoms with Crippen LogP contribution in [0.3, 0.4) is 0 Å². The number of benzene rings is 1. The van der Waals surface area contributed by atoms with Gasteiger partial charge in [0.15, 0.2) is 0 Å². The molecule has 1 aliphatic carbocycles. The summed E-state index contributed by atoms with van der Waals surface area (Å²) in [4.78, 5) is 11.6. The first-order chi connectivity index (χ1) is 9.23. The van der Waals surface area contributed by atoms with Gasteiger partial charge in [0.1, 0.15) is 5.54 Å². The summed E-state index contributed by atoms with van der Waals surface area (Å²) in [6, 6.07) is 5.35. The van der Waals surface area contributed by atoms with Crippen LogP contribution in [0.15, 0.2) is 24.3 Å². The molecule has 1 aliphatic rings. The number of hydrogen-bond acceptors (Lipinski definition) is 2. The lowest BCUT2D eigenvalue weighted by Crippen LogP contribution is -2.49. The van der Waals surface area contributed by atoms with E-state index >= 15 is 0 Å². The molecule has 0 spiro atoms. The molecule has 4 nitrogen and oxygen atoms in total. The number of hydrogen-bond donors (Lipinski definition) is 3. The maximum atomic E-state index is 12.7. The zero-order chi connectivity index (χ0) is 15.0. The number of rotatable bonds is 3. The summed E-state index contributed by atoms with van der Waals surface area (Å²) >= 11 is 0. The Morgan fingerprint density at radius 3 is 2.25 bits per heavy atom. The first-order valence-corrected chi connectivity index (χ1v) is 6.17. The monoisotopic (exact) mass is 288 g/mol. The molecule has 1 atom stereocenters. The second kappa shape index (κ2) is 4.97. The lowest BCUT2D eigenvalue weighted by atomic mass is 10.1. The highest BCUT2D eigenvalue weighted by molar-refractivity contribution is 5.90. The van der Waals surface area contributed by atoms with Crippen LogP contribution in [0.2, 0.25) is 0 Å². The molecule has 0 heterocycles. The number of anilines is 1. The maximum absolute atomic E-state index is 12.7. The Hall–Kier alpha value is -1.76. The van der Waals surface area contributed by atoms with Crippen LogP contribution in [-0.2, 0) is 0 Å². The van der Waals surface area contributed by atoms with Gasteiger partial charge in [-0.3, -0.25) is 0 Å². The van der Waals surface area contributed by atoms with E-state index in [0.717, 1.165) is 0 Å². The highest BCUT2D eigenvalue weighted by atomic mass is 19.4. The maximum Gasteiger partial charge on any atom is 0.411 e. The number of urea groups is 1. The molecule has 3 N–H and O–H groups in total. The third kappa shape index (κ3) is 3.04. The van der Waals surface area contributed by atoms with Gasteiger partial charge in [0.2, 0.25) is 0 Å². The van der Waals surface area contributed by atoms with Crippen molar-refractivity contribution in [3.63, 3.8) is 0 Å². The average Bonchev–Trinajstić information content (AvgIpc) is 3.09. The fourth-order valence-electron chi connectivity index (χ4n) is 1.83. The van der Waals surface area contributed by atoms with Crippen molar-refractivity contribution in [1.82, 2.24) is 5.32 Å². The second-order valence-corrected chi connectivity index (χ2v) is 4.96. The highest BCUT2D eigenvalue weighted by Gasteiger charge is 2.64. The number of alkyl halides is 3. The number of nitrogens with one attached hydrogen (secondary N) is 2. The summed E-state index contributed by atoms with van der Waals surface area (Å²) in [5.74, 6) is 0. The van der Waals surface area contributed by atoms with Crippen molar-refractivity contribution < 1.29 is 23.1 Å². The van der Waals surface area contributed by atoms with Gasteiger partial charge in [0, 0.05) is 5.69 Å². The van der Waals surface area contributed by atoms with Crippen molar-refractivity contribution in [2.24, 2.45) is 0 Å². The van der Waals surface area contributed by atoms with Crippen LogP contribution < -0.4 is 10.6 Å². The average molecular weight is 288 g/mol. The van der Waals surface area contributed by atoms with Crippen molar-refractivity contribution in [3.05, 3.63) is 29.8 Å². The molecule has 0 aromatic heterocycles. The Morgan fingerprint density at radius 2 is 1.85 bits per heavy atom. The van der Waals surface area contributed by atoms with Gasteiger partial charge < -0.3 is 15.7 Å². The van der Waals surface area contributed by atoms with E-state index in [-0.39, 0.29) is 12.8 Å². The molecular weight excluding hydrogens is 273 g/mol. The molecule has 1 saturated carbocycles. The third-order valence-corrected chi connectivity index (χ3v) is 3.30.